The van der Waals surface area contributed by atoms with Gasteiger partial charge >= 0.3 is 0 Å². The summed E-state index contributed by atoms with van der Waals surface area (Å²) in [6.45, 7) is 0. The van der Waals surface area contributed by atoms with E-state index >= 15 is 0 Å². The Labute approximate surface area is 88.9 Å². The first-order valence-corrected chi connectivity index (χ1v) is 6.18. The van der Waals surface area contributed by atoms with Crippen LogP contribution in [0.15, 0.2) is 23.1 Å². The third-order valence-corrected chi connectivity index (χ3v) is 3.53. The highest BCUT2D eigenvalue weighted by molar-refractivity contribution is 7.98. The molecule has 74 valence electrons. The molecule has 0 heterocycles. The van der Waals surface area contributed by atoms with E-state index in [0.717, 1.165) is 24.2 Å². The van der Waals surface area contributed by atoms with Crippen molar-refractivity contribution in [1.29, 1.82) is 0 Å². The Hall–Kier alpha value is -0.760. The molecule has 2 heteroatoms. The van der Waals surface area contributed by atoms with Crippen LogP contribution in [0.2, 0.25) is 0 Å². The molecule has 0 saturated heterocycles. The first-order valence-electron chi connectivity index (χ1n) is 4.96. The highest BCUT2D eigenvalue weighted by Crippen LogP contribution is 2.36. The van der Waals surface area contributed by atoms with Gasteiger partial charge in [0.25, 0.3) is 0 Å². The van der Waals surface area contributed by atoms with E-state index in [2.05, 4.69) is 12.3 Å². The summed E-state index contributed by atoms with van der Waals surface area (Å²) in [5.74, 6) is 0.835. The summed E-state index contributed by atoms with van der Waals surface area (Å²) in [4.78, 5) is 12.2. The van der Waals surface area contributed by atoms with Gasteiger partial charge in [-0.15, -0.1) is 11.8 Å². The maximum atomic E-state index is 10.9. The maximum absolute atomic E-state index is 10.9. The number of hydrogen-bond donors (Lipinski definition) is 0. The molecule has 0 aromatic heterocycles. The molecule has 1 aliphatic carbocycles. The van der Waals surface area contributed by atoms with Gasteiger partial charge in [0.15, 0.2) is 0 Å². The second-order valence-corrected chi connectivity index (χ2v) is 4.64. The lowest BCUT2D eigenvalue weighted by atomic mass is 10.0. The van der Waals surface area contributed by atoms with Crippen molar-refractivity contribution >= 4 is 18.0 Å². The topological polar surface area (TPSA) is 17.1 Å². The Kier molecular flexibility index (Phi) is 2.92. The Balaban J connectivity index is 2.33. The number of thioether (sulfide) groups is 1. The number of rotatable bonds is 4. The van der Waals surface area contributed by atoms with Crippen LogP contribution in [0.1, 0.15) is 28.8 Å². The fourth-order valence-corrected chi connectivity index (χ4v) is 2.38. The molecule has 14 heavy (non-hydrogen) atoms. The van der Waals surface area contributed by atoms with Crippen LogP contribution in [0.25, 0.3) is 0 Å². The molecule has 0 N–H and O–H groups in total. The standard InChI is InChI=1S/C12H14OS/c1-14-12-4-2-3-10(8-13)11(12)7-9-5-6-9/h2-4,8-9H,5-7H2,1H3. The second kappa shape index (κ2) is 4.18. The van der Waals surface area contributed by atoms with E-state index in [1.807, 2.05) is 12.1 Å². The fraction of sp³-hybridized carbons (Fsp3) is 0.417. The van der Waals surface area contributed by atoms with E-state index < -0.39 is 0 Å². The van der Waals surface area contributed by atoms with Gasteiger partial charge in [-0.2, -0.15) is 0 Å². The monoisotopic (exact) mass is 206 g/mol. The predicted octanol–water partition coefficient (Wildman–Crippen LogP) is 3.17. The molecule has 1 aliphatic rings. The molecular formula is C12H14OS. The second-order valence-electron chi connectivity index (χ2n) is 3.79. The smallest absolute Gasteiger partial charge is 0.150 e. The van der Waals surface area contributed by atoms with Gasteiger partial charge in [0.05, 0.1) is 0 Å². The number of carbonyl (C=O) groups is 1. The maximum Gasteiger partial charge on any atom is 0.150 e. The number of aldehydes is 1. The predicted molar refractivity (Wildman–Crippen MR) is 60.0 cm³/mol. The fourth-order valence-electron chi connectivity index (χ4n) is 1.71. The van der Waals surface area contributed by atoms with Gasteiger partial charge in [0.1, 0.15) is 6.29 Å². The van der Waals surface area contributed by atoms with Crippen LogP contribution in [-0.2, 0) is 6.42 Å². The molecule has 0 aliphatic heterocycles. The van der Waals surface area contributed by atoms with E-state index in [9.17, 15) is 4.79 Å². The van der Waals surface area contributed by atoms with Gasteiger partial charge in [-0.25, -0.2) is 0 Å². The lowest BCUT2D eigenvalue weighted by molar-refractivity contribution is 0.112. The third kappa shape index (κ3) is 2.01. The molecular weight excluding hydrogens is 192 g/mol. The van der Waals surface area contributed by atoms with Crippen molar-refractivity contribution in [2.45, 2.75) is 24.2 Å². The molecule has 0 amide bonds. The van der Waals surface area contributed by atoms with Gasteiger partial charge in [0, 0.05) is 10.5 Å². The van der Waals surface area contributed by atoms with Crippen molar-refractivity contribution in [1.82, 2.24) is 0 Å². The number of carbonyl (C=O) groups excluding carboxylic acids is 1. The van der Waals surface area contributed by atoms with Crippen molar-refractivity contribution in [3.8, 4) is 0 Å². The highest BCUT2D eigenvalue weighted by atomic mass is 32.2. The molecule has 1 fully saturated rings. The molecule has 1 nitrogen and oxygen atoms in total. The zero-order valence-corrected chi connectivity index (χ0v) is 9.14. The minimum Gasteiger partial charge on any atom is -0.298 e. The largest absolute Gasteiger partial charge is 0.298 e. The van der Waals surface area contributed by atoms with Crippen molar-refractivity contribution in [3.05, 3.63) is 29.3 Å². The summed E-state index contributed by atoms with van der Waals surface area (Å²) >= 11 is 1.74. The summed E-state index contributed by atoms with van der Waals surface area (Å²) in [5, 5.41) is 0. The van der Waals surface area contributed by atoms with Crippen molar-refractivity contribution in [3.63, 3.8) is 0 Å². The normalized spacial score (nSPS) is 15.5. The SMILES string of the molecule is CSc1cccc(C=O)c1CC1CC1. The Morgan fingerprint density at radius 1 is 1.50 bits per heavy atom. The minimum atomic E-state index is 0.835. The lowest BCUT2D eigenvalue weighted by Gasteiger charge is -2.08. The first kappa shape index (κ1) is 9.78. The van der Waals surface area contributed by atoms with E-state index in [1.165, 1.54) is 23.3 Å². The Bertz CT molecular complexity index is 342. The van der Waals surface area contributed by atoms with Gasteiger partial charge in [-0.3, -0.25) is 4.79 Å². The van der Waals surface area contributed by atoms with Gasteiger partial charge in [-0.1, -0.05) is 12.1 Å². The van der Waals surface area contributed by atoms with E-state index in [0.29, 0.717) is 0 Å². The summed E-state index contributed by atoms with van der Waals surface area (Å²) in [6.07, 6.45) is 6.81. The van der Waals surface area contributed by atoms with Crippen molar-refractivity contribution in [2.24, 2.45) is 5.92 Å². The summed E-state index contributed by atoms with van der Waals surface area (Å²) in [5.41, 5.74) is 2.14. The molecule has 0 radical (unpaired) electrons. The molecule has 1 aromatic carbocycles. The summed E-state index contributed by atoms with van der Waals surface area (Å²) in [7, 11) is 0. The van der Waals surface area contributed by atoms with Gasteiger partial charge in [-0.05, 0) is 43.1 Å². The van der Waals surface area contributed by atoms with Gasteiger partial charge < -0.3 is 0 Å². The minimum absolute atomic E-state index is 0.835. The third-order valence-electron chi connectivity index (χ3n) is 2.71. The average molecular weight is 206 g/mol. The van der Waals surface area contributed by atoms with E-state index in [4.69, 9.17) is 0 Å². The highest BCUT2D eigenvalue weighted by Gasteiger charge is 2.23. The summed E-state index contributed by atoms with van der Waals surface area (Å²) in [6, 6.07) is 5.99. The van der Waals surface area contributed by atoms with E-state index in [1.54, 1.807) is 11.8 Å². The Morgan fingerprint density at radius 3 is 2.86 bits per heavy atom. The van der Waals surface area contributed by atoms with Crippen LogP contribution in [0.3, 0.4) is 0 Å². The molecule has 1 aromatic rings. The molecule has 0 spiro atoms. The van der Waals surface area contributed by atoms with Crippen molar-refractivity contribution in [2.75, 3.05) is 6.26 Å². The Morgan fingerprint density at radius 2 is 2.29 bits per heavy atom. The van der Waals surface area contributed by atoms with Gasteiger partial charge in [0.2, 0.25) is 0 Å². The molecule has 2 rings (SSSR count). The van der Waals surface area contributed by atoms with Crippen LogP contribution in [0.4, 0.5) is 0 Å². The average Bonchev–Trinajstić information content (AvgIpc) is 3.02. The van der Waals surface area contributed by atoms with Crippen LogP contribution in [-0.4, -0.2) is 12.5 Å². The zero-order chi connectivity index (χ0) is 9.97. The lowest BCUT2D eigenvalue weighted by Crippen LogP contribution is -1.96. The first-order chi connectivity index (χ1) is 6.85. The molecule has 0 unspecified atom stereocenters. The van der Waals surface area contributed by atoms with Crippen molar-refractivity contribution < 1.29 is 4.79 Å². The van der Waals surface area contributed by atoms with Crippen LogP contribution in [0, 0.1) is 5.92 Å². The molecule has 0 bridgehead atoms. The number of benzene rings is 1. The summed E-state index contributed by atoms with van der Waals surface area (Å²) < 4.78 is 0. The van der Waals surface area contributed by atoms with Crippen LogP contribution < -0.4 is 0 Å². The molecule has 1 saturated carbocycles. The van der Waals surface area contributed by atoms with Crippen LogP contribution >= 0.6 is 11.8 Å². The quantitative estimate of drug-likeness (QED) is 0.556. The van der Waals surface area contributed by atoms with E-state index in [-0.39, 0.29) is 0 Å². The number of hydrogen-bond acceptors (Lipinski definition) is 2. The zero-order valence-electron chi connectivity index (χ0n) is 8.32. The molecule has 0 atom stereocenters. The van der Waals surface area contributed by atoms with Crippen LogP contribution in [0.5, 0.6) is 0 Å².